The number of carbonyl (C=O) groups is 1. The van der Waals surface area contributed by atoms with Gasteiger partial charge >= 0.3 is 13.9 Å². The Bertz CT molecular complexity index is 669. The van der Waals surface area contributed by atoms with Crippen molar-refractivity contribution in [2.45, 2.75) is 31.5 Å². The molecule has 1 aromatic rings. The van der Waals surface area contributed by atoms with Crippen molar-refractivity contribution in [3.8, 4) is 0 Å². The summed E-state index contributed by atoms with van der Waals surface area (Å²) in [4.78, 5) is 35.2. The fourth-order valence-corrected chi connectivity index (χ4v) is 2.69. The van der Waals surface area contributed by atoms with Gasteiger partial charge in [-0.3, -0.25) is 13.9 Å². The number of halogens is 1. The highest BCUT2D eigenvalue weighted by molar-refractivity contribution is 7.32. The minimum Gasteiger partial charge on any atom is -0.394 e. The van der Waals surface area contributed by atoms with Crippen LogP contribution in [0.25, 0.3) is 0 Å². The third-order valence-electron chi connectivity index (χ3n) is 3.09. The zero-order valence-corrected chi connectivity index (χ0v) is 12.9. The van der Waals surface area contributed by atoms with Gasteiger partial charge in [0.2, 0.25) is 5.91 Å². The molecule has 128 valence electrons. The molecule has 0 aliphatic carbocycles. The second-order valence-corrected chi connectivity index (χ2v) is 5.49. The molecule has 1 aliphatic rings. The minimum absolute atomic E-state index is 0.0147. The van der Waals surface area contributed by atoms with E-state index < -0.39 is 51.1 Å². The van der Waals surface area contributed by atoms with Crippen LogP contribution in [0.15, 0.2) is 17.1 Å². The first-order chi connectivity index (χ1) is 10.8. The van der Waals surface area contributed by atoms with Crippen LogP contribution < -0.4 is 11.0 Å². The van der Waals surface area contributed by atoms with Crippen LogP contribution in [0.2, 0.25) is 0 Å². The van der Waals surface area contributed by atoms with Crippen LogP contribution in [-0.4, -0.2) is 50.4 Å². The number of hydrogen-bond acceptors (Lipinski definition) is 7. The van der Waals surface area contributed by atoms with Crippen LogP contribution in [0, 0.1) is 0 Å². The second-order valence-electron chi connectivity index (χ2n) is 4.72. The predicted molar refractivity (Wildman–Crippen MR) is 74.8 cm³/mol. The van der Waals surface area contributed by atoms with Crippen LogP contribution in [0.5, 0.6) is 0 Å². The number of aliphatic hydroxyl groups excluding tert-OH is 1. The van der Waals surface area contributed by atoms with Gasteiger partial charge < -0.3 is 24.6 Å². The summed E-state index contributed by atoms with van der Waals surface area (Å²) < 4.78 is 35.7. The standard InChI is InChI=1S/C11H15FN3O7P/c1-5(17)13-7-2-3-15(11(18)14-7)10-8(12)9(22-23(19)20)6(4-16)21-10/h2-3,6,8-10,16,23H,4H2,1H3,(H,19,20)(H,13,14,17,18)/t6-,8-,9-,10-/m1/s1. The Balaban J connectivity index is 2.26. The lowest BCUT2D eigenvalue weighted by atomic mass is 10.1. The molecule has 1 fully saturated rings. The van der Waals surface area contributed by atoms with E-state index in [1.54, 1.807) is 0 Å². The van der Waals surface area contributed by atoms with Gasteiger partial charge in [-0.05, 0) is 6.07 Å². The van der Waals surface area contributed by atoms with Crippen LogP contribution >= 0.6 is 8.25 Å². The monoisotopic (exact) mass is 351 g/mol. The zero-order valence-electron chi connectivity index (χ0n) is 11.9. The van der Waals surface area contributed by atoms with Crippen LogP contribution in [0.3, 0.4) is 0 Å². The van der Waals surface area contributed by atoms with Gasteiger partial charge in [0.1, 0.15) is 18.0 Å². The first-order valence-corrected chi connectivity index (χ1v) is 7.76. The Labute approximate surface area is 129 Å². The number of nitrogens with zero attached hydrogens (tertiary/aromatic N) is 2. The number of aliphatic hydroxyl groups is 1. The van der Waals surface area contributed by atoms with E-state index in [1.165, 1.54) is 13.0 Å². The van der Waals surface area contributed by atoms with Gasteiger partial charge in [0.15, 0.2) is 12.4 Å². The maximum absolute atomic E-state index is 14.4. The van der Waals surface area contributed by atoms with Crippen molar-refractivity contribution in [1.29, 1.82) is 0 Å². The highest BCUT2D eigenvalue weighted by Gasteiger charge is 2.47. The van der Waals surface area contributed by atoms with Crippen molar-refractivity contribution in [3.05, 3.63) is 22.7 Å². The topological polar surface area (TPSA) is 140 Å². The number of hydrogen-bond donors (Lipinski definition) is 3. The second kappa shape index (κ2) is 7.28. The fourth-order valence-electron chi connectivity index (χ4n) is 2.18. The van der Waals surface area contributed by atoms with Crippen molar-refractivity contribution in [1.82, 2.24) is 9.55 Å². The largest absolute Gasteiger partial charge is 0.394 e. The molecule has 0 saturated carbocycles. The predicted octanol–water partition coefficient (Wildman–Crippen LogP) is -0.803. The summed E-state index contributed by atoms with van der Waals surface area (Å²) in [6, 6.07) is 1.26. The highest BCUT2D eigenvalue weighted by Crippen LogP contribution is 2.36. The number of rotatable bonds is 5. The zero-order chi connectivity index (χ0) is 17.1. The Morgan fingerprint density at radius 1 is 1.65 bits per heavy atom. The third kappa shape index (κ3) is 4.01. The van der Waals surface area contributed by atoms with Gasteiger partial charge in [-0.15, -0.1) is 0 Å². The Morgan fingerprint density at radius 2 is 2.35 bits per heavy atom. The maximum atomic E-state index is 14.4. The first kappa shape index (κ1) is 17.7. The van der Waals surface area contributed by atoms with Crippen LogP contribution in [-0.2, 0) is 18.6 Å². The number of carbonyl (C=O) groups excluding carboxylic acids is 1. The lowest BCUT2D eigenvalue weighted by Gasteiger charge is -2.16. The lowest BCUT2D eigenvalue weighted by Crippen LogP contribution is -2.34. The summed E-state index contributed by atoms with van der Waals surface area (Å²) in [6.07, 6.45) is -5.01. The summed E-state index contributed by atoms with van der Waals surface area (Å²) in [6.45, 7) is 0.568. The van der Waals surface area contributed by atoms with Gasteiger partial charge in [-0.2, -0.15) is 4.98 Å². The quantitative estimate of drug-likeness (QED) is 0.586. The molecule has 12 heteroatoms. The molecule has 1 aromatic heterocycles. The van der Waals surface area contributed by atoms with E-state index in [9.17, 15) is 18.5 Å². The summed E-state index contributed by atoms with van der Waals surface area (Å²) in [5, 5.41) is 11.4. The molecule has 23 heavy (non-hydrogen) atoms. The van der Waals surface area contributed by atoms with Crippen LogP contribution in [0.1, 0.15) is 13.2 Å². The number of aromatic nitrogens is 2. The molecular weight excluding hydrogens is 336 g/mol. The average Bonchev–Trinajstić information content (AvgIpc) is 2.75. The molecule has 0 radical (unpaired) electrons. The van der Waals surface area contributed by atoms with E-state index in [1.807, 2.05) is 0 Å². The van der Waals surface area contributed by atoms with Gasteiger partial charge in [-0.1, -0.05) is 0 Å². The van der Waals surface area contributed by atoms with E-state index in [2.05, 4.69) is 14.8 Å². The van der Waals surface area contributed by atoms with E-state index in [0.29, 0.717) is 0 Å². The molecular formula is C11H15FN3O7P. The van der Waals surface area contributed by atoms with E-state index in [0.717, 1.165) is 10.8 Å². The van der Waals surface area contributed by atoms with Crippen LogP contribution in [0.4, 0.5) is 10.2 Å². The first-order valence-electron chi connectivity index (χ1n) is 6.50. The molecule has 1 saturated heterocycles. The van der Waals surface area contributed by atoms with Crippen molar-refractivity contribution >= 4 is 20.0 Å². The average molecular weight is 351 g/mol. The lowest BCUT2D eigenvalue weighted by molar-refractivity contribution is -0.114. The SMILES string of the molecule is CC(=O)Nc1ccn([C@@H]2O[C@H](CO)[C@@H](O[PH](=O)O)[C@H]2F)c(=O)n1. The molecule has 3 N–H and O–H groups in total. The highest BCUT2D eigenvalue weighted by atomic mass is 31.1. The smallest absolute Gasteiger partial charge is 0.351 e. The molecule has 10 nitrogen and oxygen atoms in total. The molecule has 0 bridgehead atoms. The molecule has 0 aromatic carbocycles. The third-order valence-corrected chi connectivity index (χ3v) is 3.57. The summed E-state index contributed by atoms with van der Waals surface area (Å²) in [5.41, 5.74) is -0.905. The number of amides is 1. The molecule has 1 aliphatic heterocycles. The van der Waals surface area contributed by atoms with Crippen molar-refractivity contribution in [3.63, 3.8) is 0 Å². The normalized spacial score (nSPS) is 28.5. The van der Waals surface area contributed by atoms with E-state index in [-0.39, 0.29) is 5.82 Å². The molecule has 2 heterocycles. The number of alkyl halides is 1. The summed E-state index contributed by atoms with van der Waals surface area (Å²) in [5.74, 6) is -0.448. The van der Waals surface area contributed by atoms with Gasteiger partial charge in [-0.25, -0.2) is 9.18 Å². The summed E-state index contributed by atoms with van der Waals surface area (Å²) in [7, 11) is -3.46. The maximum Gasteiger partial charge on any atom is 0.351 e. The minimum atomic E-state index is -3.46. The van der Waals surface area contributed by atoms with Gasteiger partial charge in [0.25, 0.3) is 0 Å². The Kier molecular flexibility index (Phi) is 5.60. The molecule has 5 atom stereocenters. The number of anilines is 1. The van der Waals surface area contributed by atoms with Gasteiger partial charge in [0.05, 0.1) is 6.61 Å². The molecule has 2 rings (SSSR count). The number of nitrogens with one attached hydrogen (secondary N) is 1. The summed E-state index contributed by atoms with van der Waals surface area (Å²) >= 11 is 0. The van der Waals surface area contributed by atoms with Crippen molar-refractivity contribution in [2.24, 2.45) is 0 Å². The van der Waals surface area contributed by atoms with E-state index >= 15 is 0 Å². The Morgan fingerprint density at radius 3 is 2.87 bits per heavy atom. The van der Waals surface area contributed by atoms with E-state index in [4.69, 9.17) is 14.7 Å². The molecule has 0 spiro atoms. The van der Waals surface area contributed by atoms with Crippen molar-refractivity contribution < 1.29 is 33.0 Å². The fraction of sp³-hybridized carbons (Fsp3) is 0.545. The van der Waals surface area contributed by atoms with Gasteiger partial charge in [0, 0.05) is 13.1 Å². The number of ether oxygens (including phenoxy) is 1. The Hall–Kier alpha value is -1.65. The van der Waals surface area contributed by atoms with Crippen molar-refractivity contribution in [2.75, 3.05) is 11.9 Å². The molecule has 1 amide bonds. The molecule has 1 unspecified atom stereocenters.